The van der Waals surface area contributed by atoms with E-state index in [4.69, 9.17) is 19.9 Å². The molecule has 1 heterocycles. The summed E-state index contributed by atoms with van der Waals surface area (Å²) in [5.41, 5.74) is 9.08. The minimum atomic E-state index is -0.421. The molecule has 2 aromatic rings. The Labute approximate surface area is 153 Å². The summed E-state index contributed by atoms with van der Waals surface area (Å²) in [6, 6.07) is 15.6. The number of hydrogen-bond acceptors (Lipinski definition) is 5. The van der Waals surface area contributed by atoms with Crippen molar-refractivity contribution in [3.05, 3.63) is 59.7 Å². The van der Waals surface area contributed by atoms with Gasteiger partial charge in [-0.3, -0.25) is 10.1 Å². The van der Waals surface area contributed by atoms with Gasteiger partial charge in [0, 0.05) is 32.1 Å². The van der Waals surface area contributed by atoms with E-state index in [2.05, 4.69) is 29.6 Å². The zero-order valence-electron chi connectivity index (χ0n) is 15.0. The zero-order valence-corrected chi connectivity index (χ0v) is 15.0. The van der Waals surface area contributed by atoms with Crippen LogP contribution in [0.1, 0.15) is 28.3 Å². The van der Waals surface area contributed by atoms with Crippen molar-refractivity contribution in [3.8, 4) is 11.1 Å². The molecule has 0 bridgehead atoms. The molecule has 1 saturated heterocycles. The first kappa shape index (κ1) is 18.5. The Morgan fingerprint density at radius 2 is 1.73 bits per heavy atom. The Kier molecular flexibility index (Phi) is 6.00. The van der Waals surface area contributed by atoms with Crippen molar-refractivity contribution in [2.24, 2.45) is 5.73 Å². The van der Waals surface area contributed by atoms with Crippen LogP contribution in [0.25, 0.3) is 11.1 Å². The van der Waals surface area contributed by atoms with Gasteiger partial charge in [-0.1, -0.05) is 36.4 Å². The van der Waals surface area contributed by atoms with Crippen molar-refractivity contribution in [3.63, 3.8) is 0 Å². The van der Waals surface area contributed by atoms with E-state index >= 15 is 0 Å². The number of hydrogen-bond donors (Lipinski definition) is 2. The van der Waals surface area contributed by atoms with Crippen LogP contribution in [0.3, 0.4) is 0 Å². The SMILES string of the molecule is COCNC1OC(OC)CC1c1ccc(-c2ccc(C(N)=O)cc2)cc1. The molecule has 3 rings (SSSR count). The topological polar surface area (TPSA) is 82.8 Å². The van der Waals surface area contributed by atoms with Crippen molar-refractivity contribution in [1.82, 2.24) is 5.32 Å². The Morgan fingerprint density at radius 1 is 1.12 bits per heavy atom. The summed E-state index contributed by atoms with van der Waals surface area (Å²) < 4.78 is 16.3. The molecular formula is C20H24N2O4. The number of nitrogens with two attached hydrogens (primary N) is 1. The molecule has 0 aliphatic carbocycles. The first-order valence-electron chi connectivity index (χ1n) is 8.53. The maximum atomic E-state index is 11.2. The van der Waals surface area contributed by atoms with Gasteiger partial charge in [-0.25, -0.2) is 0 Å². The molecule has 138 valence electrons. The molecule has 1 amide bonds. The molecule has 1 fully saturated rings. The quantitative estimate of drug-likeness (QED) is 0.745. The van der Waals surface area contributed by atoms with Gasteiger partial charge in [0.1, 0.15) is 6.23 Å². The van der Waals surface area contributed by atoms with E-state index in [1.165, 1.54) is 5.56 Å². The predicted molar refractivity (Wildman–Crippen MR) is 98.4 cm³/mol. The predicted octanol–water partition coefficient (Wildman–Crippen LogP) is 2.45. The summed E-state index contributed by atoms with van der Waals surface area (Å²) in [7, 11) is 3.29. The first-order chi connectivity index (χ1) is 12.6. The third-order valence-corrected chi connectivity index (χ3v) is 4.64. The second kappa shape index (κ2) is 8.42. The summed E-state index contributed by atoms with van der Waals surface area (Å²) >= 11 is 0. The van der Waals surface area contributed by atoms with E-state index in [0.717, 1.165) is 17.5 Å². The molecule has 3 atom stereocenters. The van der Waals surface area contributed by atoms with Crippen LogP contribution in [0.5, 0.6) is 0 Å². The molecular weight excluding hydrogens is 332 g/mol. The molecule has 0 spiro atoms. The smallest absolute Gasteiger partial charge is 0.248 e. The highest BCUT2D eigenvalue weighted by atomic mass is 16.7. The van der Waals surface area contributed by atoms with Crippen LogP contribution in [0, 0.1) is 0 Å². The second-order valence-corrected chi connectivity index (χ2v) is 6.26. The van der Waals surface area contributed by atoms with E-state index in [1.807, 2.05) is 12.1 Å². The molecule has 0 aromatic heterocycles. The van der Waals surface area contributed by atoms with Crippen molar-refractivity contribution in [1.29, 1.82) is 0 Å². The normalized spacial score (nSPS) is 22.5. The minimum absolute atomic E-state index is 0.152. The van der Waals surface area contributed by atoms with Crippen LogP contribution in [-0.4, -0.2) is 39.4 Å². The molecule has 1 aliphatic heterocycles. The maximum Gasteiger partial charge on any atom is 0.248 e. The highest BCUT2D eigenvalue weighted by molar-refractivity contribution is 5.93. The van der Waals surface area contributed by atoms with Crippen LogP contribution in [0.2, 0.25) is 0 Å². The van der Waals surface area contributed by atoms with Gasteiger partial charge in [-0.15, -0.1) is 0 Å². The lowest BCUT2D eigenvalue weighted by Crippen LogP contribution is -2.34. The van der Waals surface area contributed by atoms with Crippen LogP contribution in [-0.2, 0) is 14.2 Å². The van der Waals surface area contributed by atoms with E-state index in [0.29, 0.717) is 12.3 Å². The average Bonchev–Trinajstić information content (AvgIpc) is 3.10. The molecule has 6 nitrogen and oxygen atoms in total. The van der Waals surface area contributed by atoms with Crippen molar-refractivity contribution in [2.75, 3.05) is 21.0 Å². The largest absolute Gasteiger partial charge is 0.369 e. The molecule has 3 unspecified atom stereocenters. The molecule has 0 saturated carbocycles. The minimum Gasteiger partial charge on any atom is -0.369 e. The van der Waals surface area contributed by atoms with Crippen molar-refractivity contribution < 1.29 is 19.0 Å². The summed E-state index contributed by atoms with van der Waals surface area (Å²) in [6.07, 6.45) is 0.404. The Hall–Kier alpha value is -2.25. The third kappa shape index (κ3) is 4.11. The zero-order chi connectivity index (χ0) is 18.5. The highest BCUT2D eigenvalue weighted by Gasteiger charge is 2.36. The Bertz CT molecular complexity index is 730. The van der Waals surface area contributed by atoms with E-state index in [-0.39, 0.29) is 18.4 Å². The van der Waals surface area contributed by atoms with Crippen LogP contribution < -0.4 is 11.1 Å². The Balaban J connectivity index is 1.76. The molecule has 0 radical (unpaired) electrons. The first-order valence-corrected chi connectivity index (χ1v) is 8.53. The van der Waals surface area contributed by atoms with E-state index < -0.39 is 5.91 Å². The van der Waals surface area contributed by atoms with E-state index in [9.17, 15) is 4.79 Å². The molecule has 3 N–H and O–H groups in total. The van der Waals surface area contributed by atoms with Crippen molar-refractivity contribution >= 4 is 5.91 Å². The second-order valence-electron chi connectivity index (χ2n) is 6.26. The van der Waals surface area contributed by atoms with Crippen LogP contribution in [0.4, 0.5) is 0 Å². The molecule has 1 aliphatic rings. The summed E-state index contributed by atoms with van der Waals surface area (Å²) in [4.78, 5) is 11.2. The number of carbonyl (C=O) groups is 1. The lowest BCUT2D eigenvalue weighted by atomic mass is 9.93. The number of rotatable bonds is 7. The Morgan fingerprint density at radius 3 is 2.27 bits per heavy atom. The fraction of sp³-hybridized carbons (Fsp3) is 0.350. The number of amides is 1. The van der Waals surface area contributed by atoms with Gasteiger partial charge in [0.15, 0.2) is 6.29 Å². The van der Waals surface area contributed by atoms with Gasteiger partial charge >= 0.3 is 0 Å². The highest BCUT2D eigenvalue weighted by Crippen LogP contribution is 2.35. The van der Waals surface area contributed by atoms with Gasteiger partial charge in [0.05, 0.1) is 6.73 Å². The number of methoxy groups -OCH3 is 2. The summed E-state index contributed by atoms with van der Waals surface area (Å²) in [6.45, 7) is 0.419. The monoisotopic (exact) mass is 356 g/mol. The molecule has 26 heavy (non-hydrogen) atoms. The van der Waals surface area contributed by atoms with Crippen LogP contribution in [0.15, 0.2) is 48.5 Å². The maximum absolute atomic E-state index is 11.2. The van der Waals surface area contributed by atoms with Gasteiger partial charge in [0.2, 0.25) is 5.91 Å². The number of carbonyl (C=O) groups excluding carboxylic acids is 1. The number of nitrogens with one attached hydrogen (secondary N) is 1. The number of primary amides is 1. The third-order valence-electron chi connectivity index (χ3n) is 4.64. The lowest BCUT2D eigenvalue weighted by Gasteiger charge is -2.20. The standard InChI is InChI=1S/C20H24N2O4/c1-24-12-22-20-17(11-18(25-2)26-20)15-7-3-13(4-8-15)14-5-9-16(10-6-14)19(21)23/h3-10,17-18,20,22H,11-12H2,1-2H3,(H2,21,23). The number of ether oxygens (including phenoxy) is 3. The number of benzene rings is 2. The lowest BCUT2D eigenvalue weighted by molar-refractivity contribution is -0.126. The average molecular weight is 356 g/mol. The summed E-state index contributed by atoms with van der Waals surface area (Å²) in [5.74, 6) is -0.239. The van der Waals surface area contributed by atoms with Gasteiger partial charge in [0.25, 0.3) is 0 Å². The molecule has 6 heteroatoms. The fourth-order valence-electron chi connectivity index (χ4n) is 3.21. The van der Waals surface area contributed by atoms with Crippen LogP contribution >= 0.6 is 0 Å². The van der Waals surface area contributed by atoms with Crippen molar-refractivity contribution in [2.45, 2.75) is 24.9 Å². The van der Waals surface area contributed by atoms with Gasteiger partial charge < -0.3 is 19.9 Å². The van der Waals surface area contributed by atoms with Gasteiger partial charge in [-0.2, -0.15) is 0 Å². The van der Waals surface area contributed by atoms with Gasteiger partial charge in [-0.05, 0) is 28.8 Å². The fourth-order valence-corrected chi connectivity index (χ4v) is 3.21. The molecule has 2 aromatic carbocycles. The van der Waals surface area contributed by atoms with E-state index in [1.54, 1.807) is 26.4 Å². The summed E-state index contributed by atoms with van der Waals surface area (Å²) in [5, 5.41) is 3.24.